The first kappa shape index (κ1) is 20.1. The summed E-state index contributed by atoms with van der Waals surface area (Å²) in [6.07, 6.45) is 0.531. The van der Waals surface area contributed by atoms with Crippen LogP contribution in [0.4, 0.5) is 10.7 Å². The standard InChI is InChI=1S/C19H21N5O5/c1-19(2,3)29-13(25)9-24-11-20-14-15(24)21-17(22-16(14)26)23-18(27)28-10-12-7-5-4-6-8-12/h4-8,11H,9-10H2,1-3H3,(H2,21,22,23,26,27). The van der Waals surface area contributed by atoms with Crippen molar-refractivity contribution >= 4 is 29.2 Å². The van der Waals surface area contributed by atoms with Gasteiger partial charge in [-0.05, 0) is 26.3 Å². The molecular weight excluding hydrogens is 378 g/mol. The largest absolute Gasteiger partial charge is 0.459 e. The Hall–Kier alpha value is -3.69. The number of carbonyl (C=O) groups is 2. The van der Waals surface area contributed by atoms with Crippen molar-refractivity contribution in [3.05, 3.63) is 52.6 Å². The van der Waals surface area contributed by atoms with Gasteiger partial charge >= 0.3 is 12.1 Å². The van der Waals surface area contributed by atoms with Gasteiger partial charge in [0.25, 0.3) is 5.56 Å². The fourth-order valence-electron chi connectivity index (χ4n) is 2.50. The number of ether oxygens (including phenoxy) is 2. The molecule has 2 heterocycles. The van der Waals surface area contributed by atoms with Crippen molar-refractivity contribution in [3.63, 3.8) is 0 Å². The van der Waals surface area contributed by atoms with Crippen LogP contribution < -0.4 is 10.9 Å². The highest BCUT2D eigenvalue weighted by Crippen LogP contribution is 2.12. The average molecular weight is 399 g/mol. The second-order valence-corrected chi connectivity index (χ2v) is 7.23. The third-order valence-corrected chi connectivity index (χ3v) is 3.63. The Kier molecular flexibility index (Phi) is 5.62. The molecule has 0 aliphatic rings. The molecule has 3 rings (SSSR count). The second-order valence-electron chi connectivity index (χ2n) is 7.23. The van der Waals surface area contributed by atoms with Crippen LogP contribution in [0.3, 0.4) is 0 Å². The van der Waals surface area contributed by atoms with E-state index in [4.69, 9.17) is 9.47 Å². The van der Waals surface area contributed by atoms with Crippen LogP contribution in [-0.2, 0) is 27.4 Å². The predicted octanol–water partition coefficient (Wildman–Crippen LogP) is 2.21. The number of nitrogens with one attached hydrogen (secondary N) is 2. The monoisotopic (exact) mass is 399 g/mol. The van der Waals surface area contributed by atoms with Gasteiger partial charge in [-0.1, -0.05) is 30.3 Å². The molecule has 0 saturated carbocycles. The molecule has 0 aliphatic heterocycles. The van der Waals surface area contributed by atoms with Crippen LogP contribution in [-0.4, -0.2) is 37.2 Å². The summed E-state index contributed by atoms with van der Waals surface area (Å²) in [7, 11) is 0. The maximum Gasteiger partial charge on any atom is 0.414 e. The van der Waals surface area contributed by atoms with Crippen molar-refractivity contribution in [1.82, 2.24) is 19.5 Å². The Morgan fingerprint density at radius 1 is 1.21 bits per heavy atom. The summed E-state index contributed by atoms with van der Waals surface area (Å²) in [6.45, 7) is 5.15. The van der Waals surface area contributed by atoms with Gasteiger partial charge in [0, 0.05) is 0 Å². The summed E-state index contributed by atoms with van der Waals surface area (Å²) < 4.78 is 11.7. The molecule has 10 heteroatoms. The van der Waals surface area contributed by atoms with Gasteiger partial charge in [-0.2, -0.15) is 4.98 Å². The summed E-state index contributed by atoms with van der Waals surface area (Å²) in [5.41, 5.74) is -0.214. The van der Waals surface area contributed by atoms with Gasteiger partial charge in [0.15, 0.2) is 11.2 Å². The molecule has 0 unspecified atom stereocenters. The van der Waals surface area contributed by atoms with E-state index in [2.05, 4.69) is 20.3 Å². The van der Waals surface area contributed by atoms with E-state index in [1.54, 1.807) is 20.8 Å². The predicted molar refractivity (Wildman–Crippen MR) is 104 cm³/mol. The van der Waals surface area contributed by atoms with Crippen LogP contribution in [0.5, 0.6) is 0 Å². The van der Waals surface area contributed by atoms with Crippen LogP contribution >= 0.6 is 0 Å². The number of aromatic amines is 1. The number of nitrogens with zero attached hydrogens (tertiary/aromatic N) is 3. The van der Waals surface area contributed by atoms with Crippen molar-refractivity contribution in [2.45, 2.75) is 39.5 Å². The minimum Gasteiger partial charge on any atom is -0.459 e. The number of hydrogen-bond donors (Lipinski definition) is 2. The number of benzene rings is 1. The summed E-state index contributed by atoms with van der Waals surface area (Å²) in [4.78, 5) is 46.8. The van der Waals surface area contributed by atoms with Gasteiger partial charge in [-0.3, -0.25) is 19.9 Å². The number of amides is 1. The Balaban J connectivity index is 1.73. The van der Waals surface area contributed by atoms with Gasteiger partial charge in [-0.15, -0.1) is 0 Å². The van der Waals surface area contributed by atoms with Crippen molar-refractivity contribution in [3.8, 4) is 0 Å². The Morgan fingerprint density at radius 3 is 2.62 bits per heavy atom. The van der Waals surface area contributed by atoms with Gasteiger partial charge < -0.3 is 14.0 Å². The SMILES string of the molecule is CC(C)(C)OC(=O)Cn1cnc2c(=O)[nH]c(NC(=O)OCc3ccccc3)nc21. The molecular formula is C19H21N5O5. The van der Waals surface area contributed by atoms with E-state index in [-0.39, 0.29) is 30.3 Å². The van der Waals surface area contributed by atoms with Crippen LogP contribution in [0, 0.1) is 0 Å². The molecule has 0 aliphatic carbocycles. The molecule has 0 atom stereocenters. The number of fused-ring (bicyclic) bond motifs is 1. The first-order valence-electron chi connectivity index (χ1n) is 8.86. The minimum atomic E-state index is -0.783. The summed E-state index contributed by atoms with van der Waals surface area (Å²) in [5, 5.41) is 2.37. The molecule has 1 amide bonds. The van der Waals surface area contributed by atoms with Crippen LogP contribution in [0.1, 0.15) is 26.3 Å². The zero-order chi connectivity index (χ0) is 21.0. The number of anilines is 1. The van der Waals surface area contributed by atoms with Gasteiger partial charge in [0.05, 0.1) is 6.33 Å². The highest BCUT2D eigenvalue weighted by molar-refractivity contribution is 5.83. The molecule has 29 heavy (non-hydrogen) atoms. The van der Waals surface area contributed by atoms with Crippen molar-refractivity contribution in [1.29, 1.82) is 0 Å². The molecule has 0 saturated heterocycles. The van der Waals surface area contributed by atoms with E-state index >= 15 is 0 Å². The Labute approximate surface area is 165 Å². The molecule has 0 spiro atoms. The molecule has 1 aromatic carbocycles. The highest BCUT2D eigenvalue weighted by Gasteiger charge is 2.19. The molecule has 0 bridgehead atoms. The molecule has 152 valence electrons. The third-order valence-electron chi connectivity index (χ3n) is 3.63. The fourth-order valence-corrected chi connectivity index (χ4v) is 2.50. The van der Waals surface area contributed by atoms with Gasteiger partial charge in [0.1, 0.15) is 18.8 Å². The van der Waals surface area contributed by atoms with E-state index < -0.39 is 23.2 Å². The number of rotatable bonds is 5. The Bertz CT molecular complexity index is 1080. The summed E-state index contributed by atoms with van der Waals surface area (Å²) in [6, 6.07) is 9.14. The lowest BCUT2D eigenvalue weighted by atomic mass is 10.2. The second kappa shape index (κ2) is 8.13. The maximum atomic E-state index is 12.2. The Morgan fingerprint density at radius 2 is 1.93 bits per heavy atom. The summed E-state index contributed by atoms with van der Waals surface area (Å²) >= 11 is 0. The zero-order valence-electron chi connectivity index (χ0n) is 16.3. The van der Waals surface area contributed by atoms with E-state index in [0.717, 1.165) is 5.56 Å². The number of carbonyl (C=O) groups excluding carboxylic acids is 2. The topological polar surface area (TPSA) is 128 Å². The number of aromatic nitrogens is 4. The van der Waals surface area contributed by atoms with Crippen LogP contribution in [0.2, 0.25) is 0 Å². The smallest absolute Gasteiger partial charge is 0.414 e. The normalized spacial score (nSPS) is 11.3. The molecule has 2 aromatic heterocycles. The van der Waals surface area contributed by atoms with E-state index in [0.29, 0.717) is 0 Å². The van der Waals surface area contributed by atoms with Crippen molar-refractivity contribution < 1.29 is 19.1 Å². The maximum absolute atomic E-state index is 12.2. The lowest BCUT2D eigenvalue weighted by molar-refractivity contribution is -0.155. The first-order valence-corrected chi connectivity index (χ1v) is 8.86. The van der Waals surface area contributed by atoms with E-state index in [1.165, 1.54) is 10.9 Å². The first-order chi connectivity index (χ1) is 13.7. The number of hydrogen-bond acceptors (Lipinski definition) is 7. The minimum absolute atomic E-state index is 0.0387. The lowest BCUT2D eigenvalue weighted by Crippen LogP contribution is -2.26. The fraction of sp³-hybridized carbons (Fsp3) is 0.316. The molecule has 0 fully saturated rings. The summed E-state index contributed by atoms with van der Waals surface area (Å²) in [5.74, 6) is -0.623. The quantitative estimate of drug-likeness (QED) is 0.629. The van der Waals surface area contributed by atoms with Crippen LogP contribution in [0.15, 0.2) is 41.5 Å². The highest BCUT2D eigenvalue weighted by atomic mass is 16.6. The molecule has 0 radical (unpaired) electrons. The van der Waals surface area contributed by atoms with Gasteiger partial charge in [0.2, 0.25) is 5.95 Å². The third kappa shape index (κ3) is 5.41. The molecule has 3 aromatic rings. The van der Waals surface area contributed by atoms with Crippen molar-refractivity contribution in [2.24, 2.45) is 0 Å². The van der Waals surface area contributed by atoms with E-state index in [9.17, 15) is 14.4 Å². The molecule has 10 nitrogen and oxygen atoms in total. The molecule has 2 N–H and O–H groups in total. The van der Waals surface area contributed by atoms with Crippen molar-refractivity contribution in [2.75, 3.05) is 5.32 Å². The number of imidazole rings is 1. The number of esters is 1. The number of H-pyrrole nitrogens is 1. The van der Waals surface area contributed by atoms with Crippen LogP contribution in [0.25, 0.3) is 11.2 Å². The lowest BCUT2D eigenvalue weighted by Gasteiger charge is -2.19. The average Bonchev–Trinajstić information content (AvgIpc) is 3.02. The van der Waals surface area contributed by atoms with Gasteiger partial charge in [-0.25, -0.2) is 9.78 Å². The zero-order valence-corrected chi connectivity index (χ0v) is 16.3. The van der Waals surface area contributed by atoms with E-state index in [1.807, 2.05) is 30.3 Å².